The van der Waals surface area contributed by atoms with Gasteiger partial charge in [-0.25, -0.2) is 0 Å². The van der Waals surface area contributed by atoms with E-state index in [0.717, 1.165) is 29.5 Å². The Bertz CT molecular complexity index is 746. The third-order valence-corrected chi connectivity index (χ3v) is 4.49. The summed E-state index contributed by atoms with van der Waals surface area (Å²) < 4.78 is 12.4. The Hall–Kier alpha value is -2.01. The molecule has 0 heterocycles. The standard InChI is InChI=1S/C22H28BrNO3/c1-4-5-12-27-21-10-9-17(23)14-20(21)22(25)24-18-7-6-8-19(15-18)26-13-11-16(2)3/h6-10,14-16H,4-5,11-13H2,1-3H3,(H,24,25). The maximum Gasteiger partial charge on any atom is 0.259 e. The van der Waals surface area contributed by atoms with Gasteiger partial charge in [0.05, 0.1) is 18.8 Å². The van der Waals surface area contributed by atoms with Gasteiger partial charge in [-0.05, 0) is 49.1 Å². The van der Waals surface area contributed by atoms with E-state index < -0.39 is 0 Å². The minimum Gasteiger partial charge on any atom is -0.494 e. The van der Waals surface area contributed by atoms with Gasteiger partial charge in [0.15, 0.2) is 0 Å². The number of anilines is 1. The van der Waals surface area contributed by atoms with Crippen molar-refractivity contribution in [2.75, 3.05) is 18.5 Å². The SMILES string of the molecule is CCCCOc1ccc(Br)cc1C(=O)Nc1cccc(OCCC(C)C)c1. The molecule has 0 radical (unpaired) electrons. The van der Waals surface area contributed by atoms with Crippen molar-refractivity contribution < 1.29 is 14.3 Å². The third kappa shape index (κ3) is 7.25. The van der Waals surface area contributed by atoms with Crippen molar-refractivity contribution in [2.45, 2.75) is 40.0 Å². The van der Waals surface area contributed by atoms with E-state index in [1.807, 2.05) is 36.4 Å². The predicted molar refractivity (Wildman–Crippen MR) is 114 cm³/mol. The molecule has 0 spiro atoms. The topological polar surface area (TPSA) is 47.6 Å². The van der Waals surface area contributed by atoms with Crippen LogP contribution in [0.15, 0.2) is 46.9 Å². The van der Waals surface area contributed by atoms with Crippen molar-refractivity contribution in [2.24, 2.45) is 5.92 Å². The van der Waals surface area contributed by atoms with Crippen molar-refractivity contribution in [3.05, 3.63) is 52.5 Å². The van der Waals surface area contributed by atoms with E-state index in [2.05, 4.69) is 42.0 Å². The normalized spacial score (nSPS) is 10.7. The molecule has 1 N–H and O–H groups in total. The first-order valence-corrected chi connectivity index (χ1v) is 10.3. The van der Waals surface area contributed by atoms with E-state index in [1.165, 1.54) is 0 Å². The number of unbranched alkanes of at least 4 members (excludes halogenated alkanes) is 1. The number of ether oxygens (including phenoxy) is 2. The molecule has 5 heteroatoms. The second kappa shape index (κ2) is 11.0. The molecule has 0 fully saturated rings. The largest absolute Gasteiger partial charge is 0.494 e. The summed E-state index contributed by atoms with van der Waals surface area (Å²) in [6.45, 7) is 7.69. The first-order chi connectivity index (χ1) is 13.0. The van der Waals surface area contributed by atoms with E-state index in [0.29, 0.717) is 36.1 Å². The van der Waals surface area contributed by atoms with E-state index in [4.69, 9.17) is 9.47 Å². The fourth-order valence-electron chi connectivity index (χ4n) is 2.41. The fraction of sp³-hybridized carbons (Fsp3) is 0.409. The van der Waals surface area contributed by atoms with Gasteiger partial charge in [0.25, 0.3) is 5.91 Å². The second-order valence-electron chi connectivity index (χ2n) is 6.86. The summed E-state index contributed by atoms with van der Waals surface area (Å²) in [7, 11) is 0. The predicted octanol–water partition coefficient (Wildman–Crippen LogP) is 6.31. The molecule has 0 atom stereocenters. The van der Waals surface area contributed by atoms with Crippen LogP contribution in [-0.2, 0) is 0 Å². The molecule has 0 saturated carbocycles. The lowest BCUT2D eigenvalue weighted by atomic mass is 10.1. The summed E-state index contributed by atoms with van der Waals surface area (Å²) >= 11 is 3.43. The van der Waals surface area contributed by atoms with Crippen LogP contribution in [0.3, 0.4) is 0 Å². The minimum atomic E-state index is -0.206. The molecule has 0 aliphatic rings. The van der Waals surface area contributed by atoms with Crippen LogP contribution in [-0.4, -0.2) is 19.1 Å². The number of benzene rings is 2. The highest BCUT2D eigenvalue weighted by Gasteiger charge is 2.14. The molecule has 146 valence electrons. The Kier molecular flexibility index (Phi) is 8.65. The second-order valence-corrected chi connectivity index (χ2v) is 7.77. The molecule has 0 saturated heterocycles. The van der Waals surface area contributed by atoms with Crippen LogP contribution >= 0.6 is 15.9 Å². The van der Waals surface area contributed by atoms with E-state index >= 15 is 0 Å². The third-order valence-electron chi connectivity index (χ3n) is 4.00. The fourth-order valence-corrected chi connectivity index (χ4v) is 2.77. The zero-order chi connectivity index (χ0) is 19.6. The van der Waals surface area contributed by atoms with Crippen LogP contribution in [0.2, 0.25) is 0 Å². The lowest BCUT2D eigenvalue weighted by molar-refractivity contribution is 0.102. The van der Waals surface area contributed by atoms with Gasteiger partial charge in [0.1, 0.15) is 11.5 Å². The summed E-state index contributed by atoms with van der Waals surface area (Å²) in [4.78, 5) is 12.8. The van der Waals surface area contributed by atoms with Crippen LogP contribution in [0.4, 0.5) is 5.69 Å². The summed E-state index contributed by atoms with van der Waals surface area (Å²) in [5.41, 5.74) is 1.20. The van der Waals surface area contributed by atoms with Crippen LogP contribution in [0.5, 0.6) is 11.5 Å². The number of hydrogen-bond donors (Lipinski definition) is 1. The molecule has 0 aliphatic carbocycles. The van der Waals surface area contributed by atoms with Crippen LogP contribution in [0.25, 0.3) is 0 Å². The number of carbonyl (C=O) groups is 1. The number of hydrogen-bond acceptors (Lipinski definition) is 3. The number of halogens is 1. The molecule has 4 nitrogen and oxygen atoms in total. The lowest BCUT2D eigenvalue weighted by Crippen LogP contribution is -2.14. The molecule has 1 amide bonds. The zero-order valence-corrected chi connectivity index (χ0v) is 17.8. The lowest BCUT2D eigenvalue weighted by Gasteiger charge is -2.13. The van der Waals surface area contributed by atoms with Crippen LogP contribution in [0, 0.1) is 5.92 Å². The van der Waals surface area contributed by atoms with Gasteiger partial charge < -0.3 is 14.8 Å². The first-order valence-electron chi connectivity index (χ1n) is 9.46. The van der Waals surface area contributed by atoms with Crippen molar-refractivity contribution in [1.82, 2.24) is 0 Å². The highest BCUT2D eigenvalue weighted by atomic mass is 79.9. The highest BCUT2D eigenvalue weighted by Crippen LogP contribution is 2.25. The first kappa shape index (κ1) is 21.3. The number of nitrogens with one attached hydrogen (secondary N) is 1. The Labute approximate surface area is 170 Å². The maximum atomic E-state index is 12.8. The molecular formula is C22H28BrNO3. The van der Waals surface area contributed by atoms with Gasteiger partial charge in [-0.15, -0.1) is 0 Å². The Morgan fingerprint density at radius 1 is 1.11 bits per heavy atom. The molecule has 27 heavy (non-hydrogen) atoms. The van der Waals surface area contributed by atoms with Gasteiger partial charge in [-0.3, -0.25) is 4.79 Å². The van der Waals surface area contributed by atoms with Gasteiger partial charge in [-0.1, -0.05) is 49.2 Å². The van der Waals surface area contributed by atoms with Crippen molar-refractivity contribution >= 4 is 27.5 Å². The molecule has 2 aromatic rings. The minimum absolute atomic E-state index is 0.206. The molecule has 0 bridgehead atoms. The van der Waals surface area contributed by atoms with E-state index in [-0.39, 0.29) is 5.91 Å². The van der Waals surface area contributed by atoms with E-state index in [9.17, 15) is 4.79 Å². The maximum absolute atomic E-state index is 12.8. The summed E-state index contributed by atoms with van der Waals surface area (Å²) in [5.74, 6) is 1.73. The number of carbonyl (C=O) groups excluding carboxylic acids is 1. The van der Waals surface area contributed by atoms with Gasteiger partial charge in [0.2, 0.25) is 0 Å². The van der Waals surface area contributed by atoms with Gasteiger partial charge in [-0.2, -0.15) is 0 Å². The Morgan fingerprint density at radius 3 is 2.67 bits per heavy atom. The van der Waals surface area contributed by atoms with Crippen molar-refractivity contribution in [3.8, 4) is 11.5 Å². The number of amides is 1. The molecule has 2 rings (SSSR count). The monoisotopic (exact) mass is 433 g/mol. The zero-order valence-electron chi connectivity index (χ0n) is 16.3. The Balaban J connectivity index is 2.07. The average Bonchev–Trinajstić information content (AvgIpc) is 2.63. The highest BCUT2D eigenvalue weighted by molar-refractivity contribution is 9.10. The van der Waals surface area contributed by atoms with Crippen molar-refractivity contribution in [1.29, 1.82) is 0 Å². The quantitative estimate of drug-likeness (QED) is 0.446. The summed E-state index contributed by atoms with van der Waals surface area (Å²) in [5, 5.41) is 2.94. The van der Waals surface area contributed by atoms with Gasteiger partial charge in [0, 0.05) is 16.2 Å². The molecular weight excluding hydrogens is 406 g/mol. The molecule has 0 aromatic heterocycles. The molecule has 0 aliphatic heterocycles. The van der Waals surface area contributed by atoms with E-state index in [1.54, 1.807) is 6.07 Å². The Morgan fingerprint density at radius 2 is 1.93 bits per heavy atom. The van der Waals surface area contributed by atoms with Crippen LogP contribution in [0.1, 0.15) is 50.4 Å². The van der Waals surface area contributed by atoms with Gasteiger partial charge >= 0.3 is 0 Å². The molecule has 2 aromatic carbocycles. The molecule has 0 unspecified atom stereocenters. The summed E-state index contributed by atoms with van der Waals surface area (Å²) in [6, 6.07) is 12.9. The average molecular weight is 434 g/mol. The smallest absolute Gasteiger partial charge is 0.259 e. The van der Waals surface area contributed by atoms with Crippen LogP contribution < -0.4 is 14.8 Å². The number of rotatable bonds is 10. The summed E-state index contributed by atoms with van der Waals surface area (Å²) in [6.07, 6.45) is 2.99. The van der Waals surface area contributed by atoms with Crippen molar-refractivity contribution in [3.63, 3.8) is 0 Å².